The molecule has 0 saturated carbocycles. The largest absolute Gasteiger partial charge is 0.416 e. The molecule has 7 heteroatoms. The summed E-state index contributed by atoms with van der Waals surface area (Å²) in [4.78, 5) is 0. The van der Waals surface area contributed by atoms with Gasteiger partial charge in [0.25, 0.3) is 0 Å². The Morgan fingerprint density at radius 1 is 1.26 bits per heavy atom. The van der Waals surface area contributed by atoms with Crippen molar-refractivity contribution in [2.75, 3.05) is 0 Å². The Hall–Kier alpha value is -0.300. The molecule has 0 amide bonds. The van der Waals surface area contributed by atoms with Gasteiger partial charge in [0.15, 0.2) is 0 Å². The van der Waals surface area contributed by atoms with Gasteiger partial charge in [-0.3, -0.25) is 0 Å². The molecule has 0 aliphatic rings. The van der Waals surface area contributed by atoms with Gasteiger partial charge in [-0.15, -0.1) is 12.4 Å². The van der Waals surface area contributed by atoms with Crippen molar-refractivity contribution in [2.45, 2.75) is 32.2 Å². The highest BCUT2D eigenvalue weighted by Crippen LogP contribution is 2.34. The maximum Gasteiger partial charge on any atom is 0.416 e. The number of aliphatic hydroxyl groups is 1. The van der Waals surface area contributed by atoms with Crippen molar-refractivity contribution in [3.63, 3.8) is 0 Å². The Morgan fingerprint density at radius 2 is 1.79 bits per heavy atom. The van der Waals surface area contributed by atoms with Crippen LogP contribution >= 0.6 is 28.3 Å². The monoisotopic (exact) mass is 361 g/mol. The Bertz CT molecular complexity index is 426. The van der Waals surface area contributed by atoms with E-state index in [1.54, 1.807) is 13.8 Å². The fourth-order valence-electron chi connectivity index (χ4n) is 1.57. The molecule has 1 aromatic carbocycles. The third-order valence-corrected chi connectivity index (χ3v) is 3.46. The zero-order chi connectivity index (χ0) is 14.1. The van der Waals surface area contributed by atoms with Crippen molar-refractivity contribution < 1.29 is 18.3 Å². The summed E-state index contributed by atoms with van der Waals surface area (Å²) < 4.78 is 38.3. The Morgan fingerprint density at radius 3 is 2.21 bits per heavy atom. The molecule has 2 nitrogen and oxygen atoms in total. The number of alkyl halides is 3. The molecule has 0 fully saturated rings. The molecule has 0 aliphatic heterocycles. The van der Waals surface area contributed by atoms with Crippen LogP contribution < -0.4 is 5.73 Å². The fraction of sp³-hybridized carbons (Fsp3) is 0.500. The first kappa shape index (κ1) is 18.7. The number of aliphatic hydroxyl groups excluding tert-OH is 1. The van der Waals surface area contributed by atoms with Crippen LogP contribution in [0.15, 0.2) is 22.7 Å². The molecule has 0 heterocycles. The molecule has 0 spiro atoms. The van der Waals surface area contributed by atoms with Crippen LogP contribution in [0.4, 0.5) is 13.2 Å². The third kappa shape index (κ3) is 4.63. The molecule has 2 atom stereocenters. The van der Waals surface area contributed by atoms with E-state index in [1.807, 2.05) is 0 Å². The summed E-state index contributed by atoms with van der Waals surface area (Å²) in [6.07, 6.45) is -5.32. The van der Waals surface area contributed by atoms with Crippen LogP contribution in [0.1, 0.15) is 31.0 Å². The molecule has 3 N–H and O–H groups in total. The first-order valence-electron chi connectivity index (χ1n) is 5.45. The van der Waals surface area contributed by atoms with Gasteiger partial charge >= 0.3 is 6.18 Å². The second-order valence-corrected chi connectivity index (χ2v) is 5.35. The van der Waals surface area contributed by atoms with Crippen molar-refractivity contribution in [3.8, 4) is 0 Å². The minimum absolute atomic E-state index is 0. The molecule has 0 radical (unpaired) electrons. The lowest BCUT2D eigenvalue weighted by Gasteiger charge is -2.24. The van der Waals surface area contributed by atoms with Crippen molar-refractivity contribution >= 4 is 28.3 Å². The normalized spacial score (nSPS) is 15.0. The average Bonchev–Trinajstić information content (AvgIpc) is 2.26. The van der Waals surface area contributed by atoms with E-state index in [9.17, 15) is 18.3 Å². The molecule has 110 valence electrons. The predicted molar refractivity (Wildman–Crippen MR) is 74.2 cm³/mol. The number of halogens is 5. The van der Waals surface area contributed by atoms with E-state index >= 15 is 0 Å². The predicted octanol–water partition coefficient (Wildman–Crippen LogP) is 3.91. The number of nitrogens with two attached hydrogens (primary N) is 1. The van der Waals surface area contributed by atoms with Crippen LogP contribution in [-0.4, -0.2) is 11.2 Å². The van der Waals surface area contributed by atoms with Crippen LogP contribution in [0.3, 0.4) is 0 Å². The van der Waals surface area contributed by atoms with Gasteiger partial charge in [0.1, 0.15) is 0 Å². The standard InChI is InChI=1S/C12H15BrF3NO.ClH/c1-6(2)11(18)10(17)8-5-7(12(14,15)16)3-4-9(8)13;/h3-6,10-11,18H,17H2,1-2H3;1H/t10-,11+;/m1./s1. The number of rotatable bonds is 3. The van der Waals surface area contributed by atoms with E-state index < -0.39 is 23.9 Å². The summed E-state index contributed by atoms with van der Waals surface area (Å²) in [6.45, 7) is 3.51. The number of benzene rings is 1. The SMILES string of the molecule is CC(C)[C@H](O)[C@H](N)c1cc(C(F)(F)F)ccc1Br.Cl. The van der Waals surface area contributed by atoms with Crippen LogP contribution in [0, 0.1) is 5.92 Å². The van der Waals surface area contributed by atoms with Crippen LogP contribution in [-0.2, 0) is 6.18 Å². The van der Waals surface area contributed by atoms with Crippen LogP contribution in [0.2, 0.25) is 0 Å². The third-order valence-electron chi connectivity index (χ3n) is 2.73. The summed E-state index contributed by atoms with van der Waals surface area (Å²) in [5.41, 5.74) is 5.29. The van der Waals surface area contributed by atoms with Gasteiger partial charge in [0, 0.05) is 4.47 Å². The summed E-state index contributed by atoms with van der Waals surface area (Å²) in [7, 11) is 0. The molecule has 0 unspecified atom stereocenters. The minimum atomic E-state index is -4.42. The maximum absolute atomic E-state index is 12.6. The van der Waals surface area contributed by atoms with Crippen LogP contribution in [0.5, 0.6) is 0 Å². The van der Waals surface area contributed by atoms with E-state index in [4.69, 9.17) is 5.73 Å². The van der Waals surface area contributed by atoms with Gasteiger partial charge in [-0.1, -0.05) is 29.8 Å². The minimum Gasteiger partial charge on any atom is -0.391 e. The molecule has 0 aliphatic carbocycles. The highest BCUT2D eigenvalue weighted by Gasteiger charge is 2.32. The van der Waals surface area contributed by atoms with E-state index in [1.165, 1.54) is 6.07 Å². The Balaban J connectivity index is 0.00000324. The van der Waals surface area contributed by atoms with Gasteiger partial charge in [-0.05, 0) is 29.7 Å². The highest BCUT2D eigenvalue weighted by molar-refractivity contribution is 9.10. The second kappa shape index (κ2) is 6.92. The van der Waals surface area contributed by atoms with Gasteiger partial charge in [-0.2, -0.15) is 13.2 Å². The lowest BCUT2D eigenvalue weighted by atomic mass is 9.93. The molecule has 0 aromatic heterocycles. The quantitative estimate of drug-likeness (QED) is 0.856. The van der Waals surface area contributed by atoms with Crippen molar-refractivity contribution in [1.82, 2.24) is 0 Å². The molecular weight excluding hydrogens is 346 g/mol. The molecule has 0 saturated heterocycles. The lowest BCUT2D eigenvalue weighted by molar-refractivity contribution is -0.137. The average molecular weight is 363 g/mol. The Kier molecular flexibility index (Phi) is 6.82. The van der Waals surface area contributed by atoms with Gasteiger partial charge in [0.05, 0.1) is 17.7 Å². The Labute approximate surface area is 124 Å². The van der Waals surface area contributed by atoms with Gasteiger partial charge < -0.3 is 10.8 Å². The van der Waals surface area contributed by atoms with E-state index in [2.05, 4.69) is 15.9 Å². The highest BCUT2D eigenvalue weighted by atomic mass is 79.9. The summed E-state index contributed by atoms with van der Waals surface area (Å²) in [5, 5.41) is 9.84. The molecule has 0 bridgehead atoms. The smallest absolute Gasteiger partial charge is 0.391 e. The second-order valence-electron chi connectivity index (χ2n) is 4.49. The first-order chi connectivity index (χ1) is 8.14. The summed E-state index contributed by atoms with van der Waals surface area (Å²) >= 11 is 3.16. The van der Waals surface area contributed by atoms with Crippen molar-refractivity contribution in [1.29, 1.82) is 0 Å². The van der Waals surface area contributed by atoms with Gasteiger partial charge in [0.2, 0.25) is 0 Å². The van der Waals surface area contributed by atoms with E-state index in [-0.39, 0.29) is 23.9 Å². The van der Waals surface area contributed by atoms with Gasteiger partial charge in [-0.25, -0.2) is 0 Å². The lowest BCUT2D eigenvalue weighted by Crippen LogP contribution is -2.31. The fourth-order valence-corrected chi connectivity index (χ4v) is 2.09. The van der Waals surface area contributed by atoms with Crippen LogP contribution in [0.25, 0.3) is 0 Å². The number of hydrogen-bond acceptors (Lipinski definition) is 2. The zero-order valence-corrected chi connectivity index (χ0v) is 12.8. The van der Waals surface area contributed by atoms with E-state index in [0.29, 0.717) is 4.47 Å². The topological polar surface area (TPSA) is 46.2 Å². The van der Waals surface area contributed by atoms with Crippen molar-refractivity contribution in [3.05, 3.63) is 33.8 Å². The molecule has 1 rings (SSSR count). The molecule has 1 aromatic rings. The maximum atomic E-state index is 12.6. The van der Waals surface area contributed by atoms with Crippen molar-refractivity contribution in [2.24, 2.45) is 11.7 Å². The molecule has 19 heavy (non-hydrogen) atoms. The zero-order valence-electron chi connectivity index (χ0n) is 10.4. The van der Waals surface area contributed by atoms with E-state index in [0.717, 1.165) is 12.1 Å². The summed E-state index contributed by atoms with van der Waals surface area (Å²) in [5.74, 6) is -0.138. The first-order valence-corrected chi connectivity index (χ1v) is 6.24. The molecular formula is C12H16BrClF3NO. The number of hydrogen-bond donors (Lipinski definition) is 2. The summed E-state index contributed by atoms with van der Waals surface area (Å²) in [6, 6.07) is 2.38.